The van der Waals surface area contributed by atoms with Crippen LogP contribution in [-0.4, -0.2) is 0 Å². The highest BCUT2D eigenvalue weighted by molar-refractivity contribution is 7.83. The summed E-state index contributed by atoms with van der Waals surface area (Å²) in [5, 5.41) is 9.74. The van der Waals surface area contributed by atoms with E-state index in [-0.39, 0.29) is 0 Å². The van der Waals surface area contributed by atoms with E-state index >= 15 is 0 Å². The van der Waals surface area contributed by atoms with Crippen LogP contribution in [0.4, 0.5) is 5.69 Å². The molecule has 0 aliphatic rings. The molecule has 2 aromatic rings. The van der Waals surface area contributed by atoms with Gasteiger partial charge in [-0.25, -0.2) is 0 Å². The van der Waals surface area contributed by atoms with Crippen molar-refractivity contribution in [3.05, 3.63) is 23.8 Å². The van der Waals surface area contributed by atoms with Crippen LogP contribution in [-0.2, 0) is 6.42 Å². The molecule has 0 aliphatic heterocycles. The number of benzene rings is 1. The van der Waals surface area contributed by atoms with Crippen LogP contribution in [0, 0.1) is 11.3 Å². The lowest BCUT2D eigenvalue weighted by atomic mass is 10.1. The normalized spacial score (nSPS) is 10.3. The number of nitrogen functional groups attached to an aromatic ring is 1. The minimum atomic E-state index is 0.391. The summed E-state index contributed by atoms with van der Waals surface area (Å²) in [4.78, 5) is 0. The number of rotatable bonds is 1. The molecule has 1 heterocycles. The van der Waals surface area contributed by atoms with Crippen LogP contribution in [0.2, 0.25) is 0 Å². The van der Waals surface area contributed by atoms with Gasteiger partial charge in [-0.05, 0) is 29.1 Å². The van der Waals surface area contributed by atoms with Crippen LogP contribution < -0.4 is 5.73 Å². The number of thiol groups is 1. The summed E-state index contributed by atoms with van der Waals surface area (Å²) in [6.07, 6.45) is 0.391. The van der Waals surface area contributed by atoms with Crippen LogP contribution in [0.5, 0.6) is 0 Å². The Balaban J connectivity index is 2.74. The monoisotopic (exact) mass is 220 g/mol. The first-order valence-corrected chi connectivity index (χ1v) is 5.35. The molecule has 4 heteroatoms. The standard InChI is InChI=1S/C10H8N2S2/c11-4-3-7-8-5-6(12)1-2-9(8)14-10(7)13/h1-2,5,13H,3,12H2. The topological polar surface area (TPSA) is 49.8 Å². The first kappa shape index (κ1) is 9.38. The van der Waals surface area contributed by atoms with E-state index in [4.69, 9.17) is 11.0 Å². The third-order valence-corrected chi connectivity index (χ3v) is 3.61. The lowest BCUT2D eigenvalue weighted by Gasteiger charge is -1.95. The van der Waals surface area contributed by atoms with Crippen LogP contribution in [0.25, 0.3) is 10.1 Å². The summed E-state index contributed by atoms with van der Waals surface area (Å²) in [6, 6.07) is 7.87. The summed E-state index contributed by atoms with van der Waals surface area (Å²) < 4.78 is 2.04. The molecule has 2 rings (SSSR count). The predicted octanol–water partition coefficient (Wildman–Crippen LogP) is 2.84. The Labute approximate surface area is 91.4 Å². The SMILES string of the molecule is N#CCc1c(S)sc2ccc(N)cc12. The molecule has 1 aromatic heterocycles. The molecule has 70 valence electrons. The lowest BCUT2D eigenvalue weighted by Crippen LogP contribution is -1.84. The maximum absolute atomic E-state index is 8.68. The van der Waals surface area contributed by atoms with Crippen molar-refractivity contribution >= 4 is 39.7 Å². The highest BCUT2D eigenvalue weighted by atomic mass is 32.2. The van der Waals surface area contributed by atoms with E-state index in [1.807, 2.05) is 18.2 Å². The smallest absolute Gasteiger partial charge is 0.0670 e. The van der Waals surface area contributed by atoms with E-state index in [1.165, 1.54) is 0 Å². The zero-order valence-electron chi connectivity index (χ0n) is 7.32. The van der Waals surface area contributed by atoms with E-state index in [9.17, 15) is 0 Å². The van der Waals surface area contributed by atoms with Gasteiger partial charge < -0.3 is 5.73 Å². The summed E-state index contributed by atoms with van der Waals surface area (Å²) in [5.41, 5.74) is 7.41. The van der Waals surface area contributed by atoms with Crippen molar-refractivity contribution in [2.75, 3.05) is 5.73 Å². The Bertz CT molecular complexity index is 523. The van der Waals surface area contributed by atoms with Gasteiger partial charge in [0.25, 0.3) is 0 Å². The Morgan fingerprint density at radius 3 is 3.00 bits per heavy atom. The van der Waals surface area contributed by atoms with Crippen molar-refractivity contribution < 1.29 is 0 Å². The molecule has 0 saturated carbocycles. The second-order valence-electron chi connectivity index (χ2n) is 2.98. The summed E-state index contributed by atoms with van der Waals surface area (Å²) in [6.45, 7) is 0. The third-order valence-electron chi connectivity index (χ3n) is 2.05. The lowest BCUT2D eigenvalue weighted by molar-refractivity contribution is 1.26. The molecule has 0 spiro atoms. The van der Waals surface area contributed by atoms with Crippen molar-refractivity contribution in [1.29, 1.82) is 5.26 Å². The maximum Gasteiger partial charge on any atom is 0.0670 e. The van der Waals surface area contributed by atoms with Crippen molar-refractivity contribution in [1.82, 2.24) is 0 Å². The fraction of sp³-hybridized carbons (Fsp3) is 0.100. The maximum atomic E-state index is 8.68. The minimum Gasteiger partial charge on any atom is -0.399 e. The Morgan fingerprint density at radius 2 is 2.29 bits per heavy atom. The first-order chi connectivity index (χ1) is 6.72. The molecule has 0 saturated heterocycles. The van der Waals surface area contributed by atoms with Gasteiger partial charge in [-0.2, -0.15) is 5.26 Å². The number of hydrogen-bond donors (Lipinski definition) is 2. The van der Waals surface area contributed by atoms with Crippen molar-refractivity contribution in [2.45, 2.75) is 10.6 Å². The molecular weight excluding hydrogens is 212 g/mol. The molecule has 14 heavy (non-hydrogen) atoms. The Morgan fingerprint density at radius 1 is 1.50 bits per heavy atom. The predicted molar refractivity (Wildman–Crippen MR) is 62.8 cm³/mol. The molecule has 0 atom stereocenters. The molecule has 0 aliphatic carbocycles. The summed E-state index contributed by atoms with van der Waals surface area (Å²) in [7, 11) is 0. The first-order valence-electron chi connectivity index (χ1n) is 4.09. The van der Waals surface area contributed by atoms with Crippen LogP contribution in [0.15, 0.2) is 22.4 Å². The van der Waals surface area contributed by atoms with Gasteiger partial charge in [0.05, 0.1) is 16.7 Å². The van der Waals surface area contributed by atoms with E-state index in [1.54, 1.807) is 11.3 Å². The second kappa shape index (κ2) is 3.52. The van der Waals surface area contributed by atoms with E-state index in [0.29, 0.717) is 6.42 Å². The van der Waals surface area contributed by atoms with Crippen LogP contribution >= 0.6 is 24.0 Å². The second-order valence-corrected chi connectivity index (χ2v) is 4.78. The zero-order chi connectivity index (χ0) is 10.1. The van der Waals surface area contributed by atoms with Crippen molar-refractivity contribution in [3.8, 4) is 6.07 Å². The fourth-order valence-corrected chi connectivity index (χ4v) is 2.84. The van der Waals surface area contributed by atoms with E-state index in [0.717, 1.165) is 25.5 Å². The van der Waals surface area contributed by atoms with Crippen LogP contribution in [0.3, 0.4) is 0 Å². The van der Waals surface area contributed by atoms with E-state index < -0.39 is 0 Å². The molecule has 0 amide bonds. The number of nitriles is 1. The molecule has 2 nitrogen and oxygen atoms in total. The third kappa shape index (κ3) is 1.45. The number of nitrogens with zero attached hydrogens (tertiary/aromatic N) is 1. The van der Waals surface area contributed by atoms with Gasteiger partial charge in [-0.15, -0.1) is 24.0 Å². The number of hydrogen-bond acceptors (Lipinski definition) is 4. The molecular formula is C10H8N2S2. The van der Waals surface area contributed by atoms with Gasteiger partial charge >= 0.3 is 0 Å². The number of anilines is 1. The van der Waals surface area contributed by atoms with Gasteiger partial charge in [0.15, 0.2) is 0 Å². The van der Waals surface area contributed by atoms with Crippen molar-refractivity contribution in [2.24, 2.45) is 0 Å². The van der Waals surface area contributed by atoms with Gasteiger partial charge in [0, 0.05) is 10.4 Å². The minimum absolute atomic E-state index is 0.391. The van der Waals surface area contributed by atoms with E-state index in [2.05, 4.69) is 18.7 Å². The molecule has 0 bridgehead atoms. The molecule has 1 aromatic carbocycles. The largest absolute Gasteiger partial charge is 0.399 e. The molecule has 0 unspecified atom stereocenters. The molecule has 0 radical (unpaired) electrons. The average molecular weight is 220 g/mol. The highest BCUT2D eigenvalue weighted by Crippen LogP contribution is 2.35. The van der Waals surface area contributed by atoms with Gasteiger partial charge in [-0.1, -0.05) is 0 Å². The zero-order valence-corrected chi connectivity index (χ0v) is 9.03. The number of nitrogens with two attached hydrogens (primary N) is 1. The molecule has 2 N–H and O–H groups in total. The van der Waals surface area contributed by atoms with Gasteiger partial charge in [0.2, 0.25) is 0 Å². The average Bonchev–Trinajstić information content (AvgIpc) is 2.45. The number of thiophene rings is 1. The number of fused-ring (bicyclic) bond motifs is 1. The Hall–Kier alpha value is -1.18. The summed E-state index contributed by atoms with van der Waals surface area (Å²) in [5.74, 6) is 0. The Kier molecular flexibility index (Phi) is 2.36. The highest BCUT2D eigenvalue weighted by Gasteiger charge is 2.08. The molecule has 0 fully saturated rings. The van der Waals surface area contributed by atoms with Gasteiger partial charge in [-0.3, -0.25) is 0 Å². The fourth-order valence-electron chi connectivity index (χ4n) is 1.40. The van der Waals surface area contributed by atoms with Crippen LogP contribution in [0.1, 0.15) is 5.56 Å². The quantitative estimate of drug-likeness (QED) is 0.573. The summed E-state index contributed by atoms with van der Waals surface area (Å²) >= 11 is 5.94. The van der Waals surface area contributed by atoms with Crippen molar-refractivity contribution in [3.63, 3.8) is 0 Å². The van der Waals surface area contributed by atoms with Gasteiger partial charge in [0.1, 0.15) is 0 Å².